The molecule has 0 saturated carbocycles. The first-order valence-corrected chi connectivity index (χ1v) is 9.11. The van der Waals surface area contributed by atoms with Crippen molar-refractivity contribution >= 4 is 35.9 Å². The second-order valence-corrected chi connectivity index (χ2v) is 6.88. The van der Waals surface area contributed by atoms with Crippen LogP contribution in [0.3, 0.4) is 0 Å². The zero-order valence-corrected chi connectivity index (χ0v) is 16.4. The molecule has 0 saturated heterocycles. The Hall–Kier alpha value is -2.60. The molecule has 3 aromatic rings. The van der Waals surface area contributed by atoms with Crippen LogP contribution in [0.15, 0.2) is 36.4 Å². The van der Waals surface area contributed by atoms with Crippen molar-refractivity contribution in [3.63, 3.8) is 0 Å². The van der Waals surface area contributed by atoms with Crippen molar-refractivity contribution in [2.45, 2.75) is 33.4 Å². The molecule has 6 heteroatoms. The molecule has 0 aliphatic carbocycles. The van der Waals surface area contributed by atoms with Crippen LogP contribution in [0.1, 0.15) is 28.1 Å². The number of hydrogen-bond donors (Lipinski definition) is 3. The lowest BCUT2D eigenvalue weighted by Crippen LogP contribution is -2.07. The van der Waals surface area contributed by atoms with Gasteiger partial charge in [-0.15, -0.1) is 0 Å². The van der Waals surface area contributed by atoms with Gasteiger partial charge in [0.05, 0.1) is 5.75 Å². The average molecular weight is 366 g/mol. The SMILES string of the molecule is Cc1cc(C)cc(Nc2nc(CS)nc(Nc3cc(C)cc(C)c3)n2)c1. The molecule has 0 unspecified atom stereocenters. The third-order valence-electron chi connectivity index (χ3n) is 3.78. The predicted molar refractivity (Wildman–Crippen MR) is 111 cm³/mol. The van der Waals surface area contributed by atoms with Gasteiger partial charge >= 0.3 is 0 Å². The van der Waals surface area contributed by atoms with Crippen molar-refractivity contribution in [1.29, 1.82) is 0 Å². The molecule has 0 amide bonds. The van der Waals surface area contributed by atoms with Crippen LogP contribution in [0.4, 0.5) is 23.3 Å². The van der Waals surface area contributed by atoms with E-state index in [-0.39, 0.29) is 0 Å². The zero-order valence-electron chi connectivity index (χ0n) is 15.5. The molecule has 0 aliphatic heterocycles. The van der Waals surface area contributed by atoms with E-state index in [1.54, 1.807) is 0 Å². The van der Waals surface area contributed by atoms with E-state index in [0.717, 1.165) is 11.4 Å². The molecule has 0 atom stereocenters. The number of nitrogens with one attached hydrogen (secondary N) is 2. The van der Waals surface area contributed by atoms with Gasteiger partial charge in [0.15, 0.2) is 0 Å². The fourth-order valence-electron chi connectivity index (χ4n) is 2.95. The maximum atomic E-state index is 4.51. The fourth-order valence-corrected chi connectivity index (χ4v) is 3.10. The lowest BCUT2D eigenvalue weighted by atomic mass is 10.1. The highest BCUT2D eigenvalue weighted by molar-refractivity contribution is 7.79. The van der Waals surface area contributed by atoms with Gasteiger partial charge in [-0.25, -0.2) is 0 Å². The molecule has 134 valence electrons. The summed E-state index contributed by atoms with van der Waals surface area (Å²) in [6, 6.07) is 12.5. The number of aromatic nitrogens is 3. The summed E-state index contributed by atoms with van der Waals surface area (Å²) < 4.78 is 0. The first-order chi connectivity index (χ1) is 12.4. The number of benzene rings is 2. The van der Waals surface area contributed by atoms with Crippen LogP contribution < -0.4 is 10.6 Å². The molecule has 3 rings (SSSR count). The molecule has 0 spiro atoms. The fraction of sp³-hybridized carbons (Fsp3) is 0.250. The number of thiol groups is 1. The van der Waals surface area contributed by atoms with Gasteiger partial charge in [-0.1, -0.05) is 12.1 Å². The van der Waals surface area contributed by atoms with Crippen LogP contribution in [0.2, 0.25) is 0 Å². The number of hydrogen-bond acceptors (Lipinski definition) is 6. The van der Waals surface area contributed by atoms with Gasteiger partial charge in [0, 0.05) is 11.4 Å². The molecule has 0 bridgehead atoms. The molecule has 1 aromatic heterocycles. The molecular formula is C20H23N5S. The Morgan fingerprint density at radius 2 is 1.04 bits per heavy atom. The van der Waals surface area contributed by atoms with E-state index in [4.69, 9.17) is 0 Å². The second kappa shape index (κ2) is 7.74. The first-order valence-electron chi connectivity index (χ1n) is 8.48. The van der Waals surface area contributed by atoms with Crippen LogP contribution >= 0.6 is 12.6 Å². The molecule has 5 nitrogen and oxygen atoms in total. The molecule has 2 aromatic carbocycles. The smallest absolute Gasteiger partial charge is 0.232 e. The van der Waals surface area contributed by atoms with Crippen LogP contribution in [-0.2, 0) is 5.75 Å². The summed E-state index contributed by atoms with van der Waals surface area (Å²) in [7, 11) is 0. The minimum absolute atomic E-state index is 0.436. The number of rotatable bonds is 5. The monoisotopic (exact) mass is 365 g/mol. The van der Waals surface area contributed by atoms with Crippen LogP contribution in [-0.4, -0.2) is 15.0 Å². The molecular weight excluding hydrogens is 342 g/mol. The van der Waals surface area contributed by atoms with Crippen molar-refractivity contribution in [1.82, 2.24) is 15.0 Å². The summed E-state index contributed by atoms with van der Waals surface area (Å²) in [5.41, 5.74) is 6.65. The Kier molecular flexibility index (Phi) is 5.42. The minimum Gasteiger partial charge on any atom is -0.324 e. The highest BCUT2D eigenvalue weighted by Gasteiger charge is 2.08. The van der Waals surface area contributed by atoms with Gasteiger partial charge in [0.1, 0.15) is 5.82 Å². The zero-order chi connectivity index (χ0) is 18.7. The molecule has 26 heavy (non-hydrogen) atoms. The van der Waals surface area contributed by atoms with E-state index in [2.05, 4.69) is 102 Å². The largest absolute Gasteiger partial charge is 0.324 e. The van der Waals surface area contributed by atoms with Crippen LogP contribution in [0, 0.1) is 27.7 Å². The summed E-state index contributed by atoms with van der Waals surface area (Å²) in [4.78, 5) is 13.4. The highest BCUT2D eigenvalue weighted by atomic mass is 32.1. The third kappa shape index (κ3) is 4.73. The molecule has 2 N–H and O–H groups in total. The summed E-state index contributed by atoms with van der Waals surface area (Å²) in [5, 5.41) is 6.55. The normalized spacial score (nSPS) is 10.7. The minimum atomic E-state index is 0.436. The maximum Gasteiger partial charge on any atom is 0.232 e. The number of nitrogens with zero attached hydrogens (tertiary/aromatic N) is 3. The molecule has 0 aliphatic rings. The van der Waals surface area contributed by atoms with Gasteiger partial charge in [0.2, 0.25) is 11.9 Å². The summed E-state index contributed by atoms with van der Waals surface area (Å²) in [6.07, 6.45) is 0. The van der Waals surface area contributed by atoms with Crippen molar-refractivity contribution in [2.24, 2.45) is 0 Å². The summed E-state index contributed by atoms with van der Waals surface area (Å²) in [6.45, 7) is 8.27. The Morgan fingerprint density at radius 3 is 1.38 bits per heavy atom. The molecule has 0 radical (unpaired) electrons. The lowest BCUT2D eigenvalue weighted by Gasteiger charge is -2.11. The van der Waals surface area contributed by atoms with Crippen molar-refractivity contribution in [2.75, 3.05) is 10.6 Å². The molecule has 0 fully saturated rings. The van der Waals surface area contributed by atoms with Crippen molar-refractivity contribution in [3.8, 4) is 0 Å². The van der Waals surface area contributed by atoms with E-state index < -0.39 is 0 Å². The van der Waals surface area contributed by atoms with E-state index in [0.29, 0.717) is 23.5 Å². The van der Waals surface area contributed by atoms with E-state index in [1.165, 1.54) is 22.3 Å². The van der Waals surface area contributed by atoms with Gasteiger partial charge in [-0.3, -0.25) is 0 Å². The van der Waals surface area contributed by atoms with Gasteiger partial charge in [-0.05, 0) is 74.2 Å². The Balaban J connectivity index is 1.90. The van der Waals surface area contributed by atoms with E-state index in [9.17, 15) is 0 Å². The Morgan fingerprint density at radius 1 is 0.654 bits per heavy atom. The van der Waals surface area contributed by atoms with Crippen molar-refractivity contribution < 1.29 is 0 Å². The summed E-state index contributed by atoms with van der Waals surface area (Å²) in [5.74, 6) is 2.05. The Bertz CT molecular complexity index is 827. The van der Waals surface area contributed by atoms with Crippen LogP contribution in [0.5, 0.6) is 0 Å². The average Bonchev–Trinajstić information content (AvgIpc) is 2.52. The Labute approximate surface area is 159 Å². The van der Waals surface area contributed by atoms with E-state index >= 15 is 0 Å². The molecule has 1 heterocycles. The summed E-state index contributed by atoms with van der Waals surface area (Å²) >= 11 is 4.31. The van der Waals surface area contributed by atoms with Crippen molar-refractivity contribution in [3.05, 3.63) is 64.5 Å². The third-order valence-corrected chi connectivity index (χ3v) is 4.06. The number of anilines is 4. The second-order valence-electron chi connectivity index (χ2n) is 6.56. The van der Waals surface area contributed by atoms with Gasteiger partial charge in [-0.2, -0.15) is 27.6 Å². The standard InChI is InChI=1S/C20H23N5S/c1-12-5-13(2)8-16(7-12)21-19-23-18(11-26)24-20(25-19)22-17-9-14(3)6-15(4)10-17/h5-10,26H,11H2,1-4H3,(H2,21,22,23,24,25). The lowest BCUT2D eigenvalue weighted by molar-refractivity contribution is 0.978. The highest BCUT2D eigenvalue weighted by Crippen LogP contribution is 2.21. The van der Waals surface area contributed by atoms with Gasteiger partial charge < -0.3 is 10.6 Å². The van der Waals surface area contributed by atoms with Gasteiger partial charge in [0.25, 0.3) is 0 Å². The van der Waals surface area contributed by atoms with E-state index in [1.807, 2.05) is 0 Å². The maximum absolute atomic E-state index is 4.51. The quantitative estimate of drug-likeness (QED) is 0.554. The predicted octanol–water partition coefficient (Wildman–Crippen LogP) is 5.02. The first kappa shape index (κ1) is 18.2. The topological polar surface area (TPSA) is 62.7 Å². The number of aryl methyl sites for hydroxylation is 4. The van der Waals surface area contributed by atoms with Crippen LogP contribution in [0.25, 0.3) is 0 Å².